The van der Waals surface area contributed by atoms with Gasteiger partial charge in [-0.2, -0.15) is 0 Å². The molecule has 23 heavy (non-hydrogen) atoms. The van der Waals surface area contributed by atoms with Gasteiger partial charge in [0.2, 0.25) is 5.91 Å². The Morgan fingerprint density at radius 1 is 1.17 bits per heavy atom. The lowest BCUT2D eigenvalue weighted by Gasteiger charge is -2.21. The summed E-state index contributed by atoms with van der Waals surface area (Å²) in [5.41, 5.74) is 4.41. The summed E-state index contributed by atoms with van der Waals surface area (Å²) in [4.78, 5) is 18.7. The highest BCUT2D eigenvalue weighted by Gasteiger charge is 2.30. The minimum atomic E-state index is 0.0518. The Morgan fingerprint density at radius 3 is 2.43 bits per heavy atom. The van der Waals surface area contributed by atoms with E-state index in [0.29, 0.717) is 12.6 Å². The number of nitrogens with one attached hydrogen (secondary N) is 1. The second-order valence-electron chi connectivity index (χ2n) is 6.42. The summed E-state index contributed by atoms with van der Waals surface area (Å²) in [6.07, 6.45) is 5.97. The molecule has 0 saturated heterocycles. The monoisotopic (exact) mass is 309 g/mol. The van der Waals surface area contributed by atoms with Crippen LogP contribution in [0.15, 0.2) is 42.7 Å². The lowest BCUT2D eigenvalue weighted by Crippen LogP contribution is -2.34. The van der Waals surface area contributed by atoms with Crippen molar-refractivity contribution < 1.29 is 4.79 Å². The zero-order chi connectivity index (χ0) is 16.2. The van der Waals surface area contributed by atoms with Gasteiger partial charge in [-0.05, 0) is 67.6 Å². The fourth-order valence-electron chi connectivity index (χ4n) is 2.91. The standard InChI is InChI=1S/C19H23N3O/c1-14-9-15(2)11-17(10-14)21-19(23)13-22(18-3-4-18)12-16-5-7-20-8-6-16/h5-11,18H,3-4,12-13H2,1-2H3,(H,21,23). The SMILES string of the molecule is Cc1cc(C)cc(NC(=O)CN(Cc2ccncc2)C2CC2)c1. The fraction of sp³-hybridized carbons (Fsp3) is 0.368. The van der Waals surface area contributed by atoms with Crippen molar-refractivity contribution in [2.45, 2.75) is 39.3 Å². The van der Waals surface area contributed by atoms with Gasteiger partial charge in [0.25, 0.3) is 0 Å². The van der Waals surface area contributed by atoms with Crippen molar-refractivity contribution in [1.29, 1.82) is 0 Å². The minimum Gasteiger partial charge on any atom is -0.325 e. The topological polar surface area (TPSA) is 45.2 Å². The maximum absolute atomic E-state index is 12.4. The van der Waals surface area contributed by atoms with E-state index in [9.17, 15) is 4.79 Å². The van der Waals surface area contributed by atoms with Gasteiger partial charge in [0.15, 0.2) is 0 Å². The highest BCUT2D eigenvalue weighted by molar-refractivity contribution is 5.92. The average molecular weight is 309 g/mol. The number of anilines is 1. The molecule has 1 amide bonds. The molecule has 4 nitrogen and oxygen atoms in total. The van der Waals surface area contributed by atoms with Crippen LogP contribution >= 0.6 is 0 Å². The maximum atomic E-state index is 12.4. The van der Waals surface area contributed by atoms with E-state index in [4.69, 9.17) is 0 Å². The zero-order valence-electron chi connectivity index (χ0n) is 13.7. The van der Waals surface area contributed by atoms with Crippen molar-refractivity contribution in [2.75, 3.05) is 11.9 Å². The number of aryl methyl sites for hydroxylation is 2. The number of pyridine rings is 1. The zero-order valence-corrected chi connectivity index (χ0v) is 13.7. The quantitative estimate of drug-likeness (QED) is 0.890. The van der Waals surface area contributed by atoms with E-state index in [1.54, 1.807) is 12.4 Å². The van der Waals surface area contributed by atoms with Gasteiger partial charge in [0.05, 0.1) is 6.54 Å². The van der Waals surface area contributed by atoms with Crippen LogP contribution < -0.4 is 5.32 Å². The first kappa shape index (κ1) is 15.7. The van der Waals surface area contributed by atoms with Gasteiger partial charge in [-0.1, -0.05) is 6.07 Å². The van der Waals surface area contributed by atoms with Crippen LogP contribution in [0.5, 0.6) is 0 Å². The summed E-state index contributed by atoms with van der Waals surface area (Å²) >= 11 is 0. The van der Waals surface area contributed by atoms with Crippen molar-refractivity contribution in [3.63, 3.8) is 0 Å². The smallest absolute Gasteiger partial charge is 0.238 e. The molecule has 1 saturated carbocycles. The van der Waals surface area contributed by atoms with Gasteiger partial charge in [0.1, 0.15) is 0 Å². The fourth-order valence-corrected chi connectivity index (χ4v) is 2.91. The molecule has 4 heteroatoms. The van der Waals surface area contributed by atoms with E-state index < -0.39 is 0 Å². The molecule has 0 spiro atoms. The van der Waals surface area contributed by atoms with Crippen molar-refractivity contribution >= 4 is 11.6 Å². The third-order valence-electron chi connectivity index (χ3n) is 4.05. The number of benzene rings is 1. The molecule has 120 valence electrons. The lowest BCUT2D eigenvalue weighted by molar-refractivity contribution is -0.117. The Hall–Kier alpha value is -2.20. The van der Waals surface area contributed by atoms with Gasteiger partial charge in [-0.25, -0.2) is 0 Å². The highest BCUT2D eigenvalue weighted by atomic mass is 16.2. The van der Waals surface area contributed by atoms with Crippen LogP contribution in [-0.2, 0) is 11.3 Å². The van der Waals surface area contributed by atoms with E-state index in [1.807, 2.05) is 38.1 Å². The number of amides is 1. The summed E-state index contributed by atoms with van der Waals surface area (Å²) in [5.74, 6) is 0.0518. The summed E-state index contributed by atoms with van der Waals surface area (Å²) in [7, 11) is 0. The van der Waals surface area contributed by atoms with Crippen LogP contribution in [0.1, 0.15) is 29.5 Å². The normalized spacial score (nSPS) is 14.0. The van der Waals surface area contributed by atoms with Gasteiger partial charge in [-0.15, -0.1) is 0 Å². The van der Waals surface area contributed by atoms with Gasteiger partial charge in [0, 0.05) is 30.7 Å². The second-order valence-corrected chi connectivity index (χ2v) is 6.42. The molecular formula is C19H23N3O. The summed E-state index contributed by atoms with van der Waals surface area (Å²) in [5, 5.41) is 3.03. The summed E-state index contributed by atoms with van der Waals surface area (Å²) in [6.45, 7) is 5.32. The van der Waals surface area contributed by atoms with Gasteiger partial charge in [-0.3, -0.25) is 14.7 Å². The molecule has 0 unspecified atom stereocenters. The number of rotatable bonds is 6. The van der Waals surface area contributed by atoms with Crippen molar-refractivity contribution in [1.82, 2.24) is 9.88 Å². The maximum Gasteiger partial charge on any atom is 0.238 e. The Kier molecular flexibility index (Phi) is 4.72. The van der Waals surface area contributed by atoms with Gasteiger partial charge >= 0.3 is 0 Å². The number of hydrogen-bond acceptors (Lipinski definition) is 3. The van der Waals surface area contributed by atoms with E-state index in [-0.39, 0.29) is 5.91 Å². The molecule has 3 rings (SSSR count). The van der Waals surface area contributed by atoms with Crippen LogP contribution in [0.3, 0.4) is 0 Å². The first-order valence-electron chi connectivity index (χ1n) is 8.11. The molecule has 1 fully saturated rings. The van der Waals surface area contributed by atoms with Crippen molar-refractivity contribution in [2.24, 2.45) is 0 Å². The molecule has 0 aliphatic heterocycles. The Labute approximate surface area is 137 Å². The lowest BCUT2D eigenvalue weighted by atomic mass is 10.1. The summed E-state index contributed by atoms with van der Waals surface area (Å²) in [6, 6.07) is 10.7. The third-order valence-corrected chi connectivity index (χ3v) is 4.05. The molecule has 1 heterocycles. The predicted octanol–water partition coefficient (Wildman–Crippen LogP) is 3.30. The first-order valence-corrected chi connectivity index (χ1v) is 8.11. The van der Waals surface area contributed by atoms with E-state index >= 15 is 0 Å². The third kappa shape index (κ3) is 4.63. The van der Waals surface area contributed by atoms with Crippen LogP contribution in [0.2, 0.25) is 0 Å². The van der Waals surface area contributed by atoms with E-state index in [2.05, 4.69) is 21.3 Å². The number of carbonyl (C=O) groups excluding carboxylic acids is 1. The van der Waals surface area contributed by atoms with E-state index in [0.717, 1.165) is 23.4 Å². The molecular weight excluding hydrogens is 286 g/mol. The number of carbonyl (C=O) groups is 1. The Balaban J connectivity index is 1.62. The minimum absolute atomic E-state index is 0.0518. The first-order chi connectivity index (χ1) is 11.1. The van der Waals surface area contributed by atoms with Crippen molar-refractivity contribution in [3.05, 3.63) is 59.4 Å². The van der Waals surface area contributed by atoms with Crippen molar-refractivity contribution in [3.8, 4) is 0 Å². The molecule has 0 atom stereocenters. The average Bonchev–Trinajstić information content (AvgIpc) is 3.31. The largest absolute Gasteiger partial charge is 0.325 e. The predicted molar refractivity (Wildman–Crippen MR) is 92.2 cm³/mol. The van der Waals surface area contributed by atoms with Crippen LogP contribution in [-0.4, -0.2) is 28.4 Å². The molecule has 1 aliphatic carbocycles. The number of nitrogens with zero attached hydrogens (tertiary/aromatic N) is 2. The molecule has 2 aromatic rings. The molecule has 1 aliphatic rings. The molecule has 0 radical (unpaired) electrons. The van der Waals surface area contributed by atoms with Crippen LogP contribution in [0.25, 0.3) is 0 Å². The molecule has 0 bridgehead atoms. The van der Waals surface area contributed by atoms with Gasteiger partial charge < -0.3 is 5.32 Å². The molecule has 1 aromatic heterocycles. The molecule has 1 aromatic carbocycles. The Morgan fingerprint density at radius 2 is 1.83 bits per heavy atom. The molecule has 1 N–H and O–H groups in total. The summed E-state index contributed by atoms with van der Waals surface area (Å²) < 4.78 is 0. The van der Waals surface area contributed by atoms with E-state index in [1.165, 1.54) is 18.4 Å². The number of hydrogen-bond donors (Lipinski definition) is 1. The van der Waals surface area contributed by atoms with Crippen LogP contribution in [0.4, 0.5) is 5.69 Å². The highest BCUT2D eigenvalue weighted by Crippen LogP contribution is 2.28. The number of aromatic nitrogens is 1. The Bertz CT molecular complexity index is 660. The second kappa shape index (κ2) is 6.92. The van der Waals surface area contributed by atoms with Crippen LogP contribution in [0, 0.1) is 13.8 Å².